The standard InChI is InChI=1S/C18H12Cl2N2O4/c19-11-4-3-6-13(18(11)20)21-15(23)10-25-17(24)9-8-16-22-12-5-1-2-7-14(12)26-16/h1-9H,10H2,(H,21,23)/b9-8+. The first-order valence-corrected chi connectivity index (χ1v) is 8.23. The number of hydrogen-bond acceptors (Lipinski definition) is 5. The Balaban J connectivity index is 1.53. The molecule has 0 saturated carbocycles. The van der Waals surface area contributed by atoms with E-state index in [0.29, 0.717) is 21.8 Å². The fourth-order valence-electron chi connectivity index (χ4n) is 2.07. The number of nitrogens with one attached hydrogen (secondary N) is 1. The van der Waals surface area contributed by atoms with Crippen molar-refractivity contribution in [2.45, 2.75) is 0 Å². The van der Waals surface area contributed by atoms with Crippen LogP contribution in [0.4, 0.5) is 5.69 Å². The van der Waals surface area contributed by atoms with Crippen molar-refractivity contribution in [3.8, 4) is 0 Å². The van der Waals surface area contributed by atoms with Gasteiger partial charge in [-0.15, -0.1) is 0 Å². The summed E-state index contributed by atoms with van der Waals surface area (Å²) in [5.41, 5.74) is 1.62. The summed E-state index contributed by atoms with van der Waals surface area (Å²) in [6.45, 7) is -0.473. The summed E-state index contributed by atoms with van der Waals surface area (Å²) in [6.07, 6.45) is 2.50. The van der Waals surface area contributed by atoms with E-state index in [0.717, 1.165) is 6.08 Å². The van der Waals surface area contributed by atoms with Gasteiger partial charge in [0.2, 0.25) is 5.89 Å². The SMILES string of the molecule is O=C(COC(=O)/C=C/c1nc2ccccc2o1)Nc1cccc(Cl)c1Cl. The molecule has 0 unspecified atom stereocenters. The lowest BCUT2D eigenvalue weighted by Crippen LogP contribution is -2.20. The molecule has 6 nitrogen and oxygen atoms in total. The number of oxazole rings is 1. The van der Waals surface area contributed by atoms with E-state index in [-0.39, 0.29) is 10.9 Å². The fraction of sp³-hybridized carbons (Fsp3) is 0.0556. The van der Waals surface area contributed by atoms with Crippen LogP contribution in [0.1, 0.15) is 5.89 Å². The first kappa shape index (κ1) is 18.0. The maximum Gasteiger partial charge on any atom is 0.331 e. The first-order valence-electron chi connectivity index (χ1n) is 7.47. The van der Waals surface area contributed by atoms with Crippen molar-refractivity contribution < 1.29 is 18.7 Å². The molecule has 0 aliphatic heterocycles. The average molecular weight is 391 g/mol. The second kappa shape index (κ2) is 8.03. The van der Waals surface area contributed by atoms with E-state index in [9.17, 15) is 9.59 Å². The minimum atomic E-state index is -0.709. The van der Waals surface area contributed by atoms with E-state index >= 15 is 0 Å². The third-order valence-electron chi connectivity index (χ3n) is 3.24. The maximum absolute atomic E-state index is 11.8. The molecule has 2 aromatic carbocycles. The Morgan fingerprint density at radius 3 is 2.77 bits per heavy atom. The number of benzene rings is 2. The number of carbonyl (C=O) groups excluding carboxylic acids is 2. The van der Waals surface area contributed by atoms with E-state index in [2.05, 4.69) is 10.3 Å². The lowest BCUT2D eigenvalue weighted by Gasteiger charge is -2.07. The molecule has 0 fully saturated rings. The largest absolute Gasteiger partial charge is 0.452 e. The Morgan fingerprint density at radius 1 is 1.15 bits per heavy atom. The molecular formula is C18H12Cl2N2O4. The zero-order valence-electron chi connectivity index (χ0n) is 13.2. The van der Waals surface area contributed by atoms with Crippen molar-refractivity contribution in [1.29, 1.82) is 0 Å². The number of carbonyl (C=O) groups is 2. The van der Waals surface area contributed by atoms with Gasteiger partial charge in [-0.1, -0.05) is 41.4 Å². The zero-order chi connectivity index (χ0) is 18.5. The van der Waals surface area contributed by atoms with Crippen LogP contribution in [0.25, 0.3) is 17.2 Å². The molecule has 3 aromatic rings. The van der Waals surface area contributed by atoms with Gasteiger partial charge in [-0.25, -0.2) is 9.78 Å². The summed E-state index contributed by atoms with van der Waals surface area (Å²) in [4.78, 5) is 27.7. The number of nitrogens with zero attached hydrogens (tertiary/aromatic N) is 1. The minimum Gasteiger partial charge on any atom is -0.452 e. The Hall–Kier alpha value is -2.83. The van der Waals surface area contributed by atoms with Crippen molar-refractivity contribution in [1.82, 2.24) is 4.98 Å². The molecule has 0 atom stereocenters. The van der Waals surface area contributed by atoms with Crippen LogP contribution in [0.5, 0.6) is 0 Å². The molecule has 26 heavy (non-hydrogen) atoms. The Kier molecular flexibility index (Phi) is 5.55. The number of anilines is 1. The topological polar surface area (TPSA) is 81.4 Å². The number of rotatable bonds is 5. The molecule has 1 N–H and O–H groups in total. The van der Waals surface area contributed by atoms with E-state index in [4.69, 9.17) is 32.4 Å². The maximum atomic E-state index is 11.8. The monoisotopic (exact) mass is 390 g/mol. The molecule has 8 heteroatoms. The molecular weight excluding hydrogens is 379 g/mol. The number of para-hydroxylation sites is 2. The summed E-state index contributed by atoms with van der Waals surface area (Å²) in [5, 5.41) is 3.03. The number of ether oxygens (including phenoxy) is 1. The zero-order valence-corrected chi connectivity index (χ0v) is 14.8. The van der Waals surface area contributed by atoms with E-state index in [1.54, 1.807) is 30.3 Å². The van der Waals surface area contributed by atoms with Crippen LogP contribution in [0.2, 0.25) is 10.0 Å². The van der Waals surface area contributed by atoms with Crippen molar-refractivity contribution in [2.24, 2.45) is 0 Å². The van der Waals surface area contributed by atoms with E-state index in [1.165, 1.54) is 6.08 Å². The van der Waals surface area contributed by atoms with Crippen molar-refractivity contribution >= 4 is 57.9 Å². The van der Waals surface area contributed by atoms with Crippen LogP contribution < -0.4 is 5.32 Å². The van der Waals surface area contributed by atoms with Crippen molar-refractivity contribution in [3.63, 3.8) is 0 Å². The second-order valence-corrected chi connectivity index (χ2v) is 5.90. The van der Waals surface area contributed by atoms with Gasteiger partial charge in [0.1, 0.15) is 5.52 Å². The smallest absolute Gasteiger partial charge is 0.331 e. The highest BCUT2D eigenvalue weighted by molar-refractivity contribution is 6.44. The molecule has 132 valence electrons. The number of fused-ring (bicyclic) bond motifs is 1. The molecule has 0 aliphatic carbocycles. The molecule has 0 bridgehead atoms. The second-order valence-electron chi connectivity index (χ2n) is 5.11. The number of esters is 1. The van der Waals surface area contributed by atoms with Gasteiger partial charge >= 0.3 is 5.97 Å². The normalized spacial score (nSPS) is 11.0. The molecule has 0 radical (unpaired) electrons. The van der Waals surface area contributed by atoms with Gasteiger partial charge in [0, 0.05) is 12.2 Å². The Bertz CT molecular complexity index is 965. The molecule has 1 aromatic heterocycles. The van der Waals surface area contributed by atoms with Gasteiger partial charge in [0.15, 0.2) is 12.2 Å². The lowest BCUT2D eigenvalue weighted by molar-refractivity contribution is -0.142. The molecule has 1 amide bonds. The highest BCUT2D eigenvalue weighted by Gasteiger charge is 2.10. The average Bonchev–Trinajstić information content (AvgIpc) is 3.05. The van der Waals surface area contributed by atoms with E-state index < -0.39 is 18.5 Å². The highest BCUT2D eigenvalue weighted by atomic mass is 35.5. The van der Waals surface area contributed by atoms with Gasteiger partial charge in [0.05, 0.1) is 15.7 Å². The number of halogens is 2. The van der Waals surface area contributed by atoms with Gasteiger partial charge in [0.25, 0.3) is 5.91 Å². The van der Waals surface area contributed by atoms with Gasteiger partial charge in [-0.3, -0.25) is 4.79 Å². The summed E-state index contributed by atoms with van der Waals surface area (Å²) in [5.74, 6) is -0.990. The highest BCUT2D eigenvalue weighted by Crippen LogP contribution is 2.29. The fourth-order valence-corrected chi connectivity index (χ4v) is 2.42. The number of aromatic nitrogens is 1. The van der Waals surface area contributed by atoms with Crippen molar-refractivity contribution in [2.75, 3.05) is 11.9 Å². The Morgan fingerprint density at radius 2 is 1.96 bits per heavy atom. The predicted molar refractivity (Wildman–Crippen MR) is 99.1 cm³/mol. The minimum absolute atomic E-state index is 0.213. The summed E-state index contributed by atoms with van der Waals surface area (Å²) >= 11 is 11.8. The van der Waals surface area contributed by atoms with Crippen LogP contribution in [0.15, 0.2) is 53.0 Å². The molecule has 0 aliphatic rings. The number of amides is 1. The molecule has 3 rings (SSSR count). The van der Waals surface area contributed by atoms with Gasteiger partial charge in [-0.2, -0.15) is 0 Å². The quantitative estimate of drug-likeness (QED) is 0.517. The molecule has 0 saturated heterocycles. The van der Waals surface area contributed by atoms with Gasteiger partial charge < -0.3 is 14.5 Å². The van der Waals surface area contributed by atoms with Crippen LogP contribution in [-0.2, 0) is 14.3 Å². The van der Waals surface area contributed by atoms with Crippen LogP contribution >= 0.6 is 23.2 Å². The molecule has 0 spiro atoms. The third kappa shape index (κ3) is 4.41. The van der Waals surface area contributed by atoms with E-state index in [1.807, 2.05) is 12.1 Å². The summed E-state index contributed by atoms with van der Waals surface area (Å²) < 4.78 is 10.3. The van der Waals surface area contributed by atoms with Crippen LogP contribution in [-0.4, -0.2) is 23.5 Å². The summed E-state index contributed by atoms with van der Waals surface area (Å²) in [6, 6.07) is 12.0. The lowest BCUT2D eigenvalue weighted by atomic mass is 10.3. The summed E-state index contributed by atoms with van der Waals surface area (Å²) in [7, 11) is 0. The first-order chi connectivity index (χ1) is 12.5. The van der Waals surface area contributed by atoms with Crippen LogP contribution in [0, 0.1) is 0 Å². The van der Waals surface area contributed by atoms with Crippen molar-refractivity contribution in [3.05, 3.63) is 64.5 Å². The van der Waals surface area contributed by atoms with Crippen LogP contribution in [0.3, 0.4) is 0 Å². The number of hydrogen-bond donors (Lipinski definition) is 1. The Labute approximate surface area is 158 Å². The predicted octanol–water partition coefficient (Wildman–Crippen LogP) is 4.33. The third-order valence-corrected chi connectivity index (χ3v) is 4.06. The van der Waals surface area contributed by atoms with Gasteiger partial charge in [-0.05, 0) is 24.3 Å². The molecule has 1 heterocycles.